The van der Waals surface area contributed by atoms with E-state index in [-0.39, 0.29) is 6.10 Å². The zero-order valence-corrected chi connectivity index (χ0v) is 10.6. The molecule has 2 heteroatoms. The van der Waals surface area contributed by atoms with Crippen LogP contribution in [0.1, 0.15) is 22.8 Å². The van der Waals surface area contributed by atoms with E-state index in [4.69, 9.17) is 9.47 Å². The summed E-state index contributed by atoms with van der Waals surface area (Å²) in [6.07, 6.45) is 1.05. The highest BCUT2D eigenvalue weighted by atomic mass is 16.5. The Morgan fingerprint density at radius 1 is 1.17 bits per heavy atom. The van der Waals surface area contributed by atoms with Gasteiger partial charge in [-0.3, -0.25) is 0 Å². The van der Waals surface area contributed by atoms with Crippen molar-refractivity contribution in [1.82, 2.24) is 0 Å². The van der Waals surface area contributed by atoms with Crippen LogP contribution >= 0.6 is 0 Å². The first-order chi connectivity index (χ1) is 8.78. The molecule has 92 valence electrons. The van der Waals surface area contributed by atoms with Gasteiger partial charge in [0, 0.05) is 12.0 Å². The molecule has 0 amide bonds. The Hall–Kier alpha value is -1.96. The molecule has 0 saturated heterocycles. The number of methoxy groups -OCH3 is 1. The van der Waals surface area contributed by atoms with Crippen LogP contribution in [0.4, 0.5) is 0 Å². The Morgan fingerprint density at radius 2 is 2.00 bits per heavy atom. The SMILES string of the molecule is COc1ccc2c(c1)CC(c1ccccc1C)O2. The monoisotopic (exact) mass is 240 g/mol. The van der Waals surface area contributed by atoms with E-state index in [1.54, 1.807) is 7.11 Å². The van der Waals surface area contributed by atoms with Gasteiger partial charge in [-0.2, -0.15) is 0 Å². The lowest BCUT2D eigenvalue weighted by atomic mass is 9.99. The van der Waals surface area contributed by atoms with E-state index >= 15 is 0 Å². The van der Waals surface area contributed by atoms with Gasteiger partial charge in [0.15, 0.2) is 0 Å². The topological polar surface area (TPSA) is 18.5 Å². The maximum absolute atomic E-state index is 6.02. The fraction of sp³-hybridized carbons (Fsp3) is 0.250. The highest BCUT2D eigenvalue weighted by Gasteiger charge is 2.25. The number of ether oxygens (including phenoxy) is 2. The first-order valence-corrected chi connectivity index (χ1v) is 6.17. The largest absolute Gasteiger partial charge is 0.497 e. The summed E-state index contributed by atoms with van der Waals surface area (Å²) in [6.45, 7) is 2.13. The summed E-state index contributed by atoms with van der Waals surface area (Å²) in [5.41, 5.74) is 3.78. The molecule has 18 heavy (non-hydrogen) atoms. The van der Waals surface area contributed by atoms with Gasteiger partial charge in [0.05, 0.1) is 7.11 Å². The van der Waals surface area contributed by atoms with Crippen LogP contribution in [0, 0.1) is 6.92 Å². The van der Waals surface area contributed by atoms with Crippen molar-refractivity contribution in [3.63, 3.8) is 0 Å². The second-order valence-corrected chi connectivity index (χ2v) is 4.64. The van der Waals surface area contributed by atoms with E-state index in [2.05, 4.69) is 37.3 Å². The van der Waals surface area contributed by atoms with Gasteiger partial charge in [-0.1, -0.05) is 24.3 Å². The van der Waals surface area contributed by atoms with Crippen LogP contribution in [0.15, 0.2) is 42.5 Å². The molecule has 1 aliphatic rings. The number of fused-ring (bicyclic) bond motifs is 1. The molecule has 0 aromatic heterocycles. The van der Waals surface area contributed by atoms with Gasteiger partial charge in [-0.15, -0.1) is 0 Å². The van der Waals surface area contributed by atoms with Crippen LogP contribution in [-0.4, -0.2) is 7.11 Å². The van der Waals surface area contributed by atoms with Crippen molar-refractivity contribution in [2.24, 2.45) is 0 Å². The summed E-state index contributed by atoms with van der Waals surface area (Å²) in [7, 11) is 1.69. The van der Waals surface area contributed by atoms with E-state index in [0.29, 0.717) is 0 Å². The Labute approximate surface area is 107 Å². The molecule has 0 bridgehead atoms. The normalized spacial score (nSPS) is 17.1. The van der Waals surface area contributed by atoms with E-state index in [1.807, 2.05) is 12.1 Å². The van der Waals surface area contributed by atoms with Crippen molar-refractivity contribution in [3.05, 3.63) is 59.2 Å². The molecule has 3 rings (SSSR count). The molecule has 2 aromatic rings. The van der Waals surface area contributed by atoms with Crippen LogP contribution in [0.3, 0.4) is 0 Å². The van der Waals surface area contributed by atoms with Crippen molar-refractivity contribution >= 4 is 0 Å². The molecule has 2 aromatic carbocycles. The second kappa shape index (κ2) is 4.37. The lowest BCUT2D eigenvalue weighted by Gasteiger charge is -2.13. The summed E-state index contributed by atoms with van der Waals surface area (Å²) >= 11 is 0. The molecule has 2 nitrogen and oxygen atoms in total. The highest BCUT2D eigenvalue weighted by Crippen LogP contribution is 2.39. The van der Waals surface area contributed by atoms with Crippen LogP contribution in [0.2, 0.25) is 0 Å². The van der Waals surface area contributed by atoms with Gasteiger partial charge in [-0.05, 0) is 36.2 Å². The average molecular weight is 240 g/mol. The van der Waals surface area contributed by atoms with Crippen LogP contribution < -0.4 is 9.47 Å². The van der Waals surface area contributed by atoms with Crippen LogP contribution in [0.25, 0.3) is 0 Å². The maximum atomic E-state index is 6.02. The highest BCUT2D eigenvalue weighted by molar-refractivity contribution is 5.45. The Morgan fingerprint density at radius 3 is 2.78 bits per heavy atom. The third kappa shape index (κ3) is 1.84. The van der Waals surface area contributed by atoms with Gasteiger partial charge in [0.1, 0.15) is 17.6 Å². The van der Waals surface area contributed by atoms with E-state index in [1.165, 1.54) is 16.7 Å². The molecule has 1 heterocycles. The van der Waals surface area contributed by atoms with Crippen LogP contribution in [-0.2, 0) is 6.42 Å². The zero-order valence-electron chi connectivity index (χ0n) is 10.6. The van der Waals surface area contributed by atoms with Crippen molar-refractivity contribution < 1.29 is 9.47 Å². The van der Waals surface area contributed by atoms with Gasteiger partial charge in [0.2, 0.25) is 0 Å². The lowest BCUT2D eigenvalue weighted by Crippen LogP contribution is -2.04. The van der Waals surface area contributed by atoms with E-state index in [9.17, 15) is 0 Å². The minimum Gasteiger partial charge on any atom is -0.497 e. The summed E-state index contributed by atoms with van der Waals surface area (Å²) in [4.78, 5) is 0. The third-order valence-corrected chi connectivity index (χ3v) is 3.48. The Kier molecular flexibility index (Phi) is 2.71. The number of aryl methyl sites for hydroxylation is 1. The smallest absolute Gasteiger partial charge is 0.128 e. The first kappa shape index (κ1) is 11.1. The van der Waals surface area contributed by atoms with E-state index < -0.39 is 0 Å². The molecule has 1 unspecified atom stereocenters. The molecule has 1 aliphatic heterocycles. The minimum absolute atomic E-state index is 0.133. The molecular formula is C16H16O2. The quantitative estimate of drug-likeness (QED) is 0.797. The molecule has 0 spiro atoms. The van der Waals surface area contributed by atoms with E-state index in [0.717, 1.165) is 17.9 Å². The van der Waals surface area contributed by atoms with Crippen molar-refractivity contribution in [2.75, 3.05) is 7.11 Å². The second-order valence-electron chi connectivity index (χ2n) is 4.64. The fourth-order valence-corrected chi connectivity index (χ4v) is 2.47. The number of benzene rings is 2. The Bertz CT molecular complexity index is 575. The lowest BCUT2D eigenvalue weighted by molar-refractivity contribution is 0.238. The predicted molar refractivity (Wildman–Crippen MR) is 71.2 cm³/mol. The van der Waals surface area contributed by atoms with Gasteiger partial charge in [0.25, 0.3) is 0 Å². The molecule has 1 atom stereocenters. The predicted octanol–water partition coefficient (Wildman–Crippen LogP) is 3.68. The van der Waals surface area contributed by atoms with Crippen molar-refractivity contribution in [1.29, 1.82) is 0 Å². The molecule has 0 radical (unpaired) electrons. The van der Waals surface area contributed by atoms with Crippen molar-refractivity contribution in [2.45, 2.75) is 19.4 Å². The number of rotatable bonds is 2. The number of hydrogen-bond donors (Lipinski definition) is 0. The molecule has 0 saturated carbocycles. The maximum Gasteiger partial charge on any atom is 0.128 e. The third-order valence-electron chi connectivity index (χ3n) is 3.48. The van der Waals surface area contributed by atoms with Gasteiger partial charge in [-0.25, -0.2) is 0 Å². The first-order valence-electron chi connectivity index (χ1n) is 6.17. The van der Waals surface area contributed by atoms with Crippen molar-refractivity contribution in [3.8, 4) is 11.5 Å². The summed E-state index contributed by atoms with van der Waals surface area (Å²) in [6, 6.07) is 14.4. The zero-order chi connectivity index (χ0) is 12.5. The summed E-state index contributed by atoms with van der Waals surface area (Å²) in [5, 5.41) is 0. The number of hydrogen-bond acceptors (Lipinski definition) is 2. The van der Waals surface area contributed by atoms with Gasteiger partial charge >= 0.3 is 0 Å². The standard InChI is InChI=1S/C16H16O2/c1-11-5-3-4-6-14(11)16-10-12-9-13(17-2)7-8-15(12)18-16/h3-9,16H,10H2,1-2H3. The minimum atomic E-state index is 0.133. The molecule has 0 fully saturated rings. The Balaban J connectivity index is 1.91. The van der Waals surface area contributed by atoms with Gasteiger partial charge < -0.3 is 9.47 Å². The average Bonchev–Trinajstić information content (AvgIpc) is 2.81. The molecule has 0 N–H and O–H groups in total. The molecular weight excluding hydrogens is 224 g/mol. The summed E-state index contributed by atoms with van der Waals surface area (Å²) < 4.78 is 11.3. The van der Waals surface area contributed by atoms with Crippen LogP contribution in [0.5, 0.6) is 11.5 Å². The molecule has 0 aliphatic carbocycles. The fourth-order valence-electron chi connectivity index (χ4n) is 2.47. The summed E-state index contributed by atoms with van der Waals surface area (Å²) in [5.74, 6) is 1.87.